The number of hydrogen-bond acceptors (Lipinski definition) is 2. The molecule has 3 heteroatoms. The van der Waals surface area contributed by atoms with Crippen LogP contribution < -0.4 is 0 Å². The van der Waals surface area contributed by atoms with Crippen molar-refractivity contribution in [1.29, 1.82) is 0 Å². The van der Waals surface area contributed by atoms with Gasteiger partial charge in [-0.05, 0) is 23.6 Å². The van der Waals surface area contributed by atoms with E-state index in [0.717, 1.165) is 16.5 Å². The molecule has 1 aliphatic heterocycles. The highest BCUT2D eigenvalue weighted by Crippen LogP contribution is 2.31. The highest BCUT2D eigenvalue weighted by atomic mass is 79.9. The number of halogens is 1. The molecule has 0 spiro atoms. The first kappa shape index (κ1) is 9.19. The molecule has 0 bridgehead atoms. The minimum Gasteiger partial charge on any atom is -0.393 e. The van der Waals surface area contributed by atoms with Crippen LogP contribution in [0.1, 0.15) is 17.2 Å². The molecule has 1 aromatic carbocycles. The van der Waals surface area contributed by atoms with E-state index in [1.165, 1.54) is 5.56 Å². The Labute approximate surface area is 85.7 Å². The van der Waals surface area contributed by atoms with Gasteiger partial charge in [-0.15, -0.1) is 0 Å². The van der Waals surface area contributed by atoms with E-state index >= 15 is 0 Å². The van der Waals surface area contributed by atoms with Gasteiger partial charge in [0, 0.05) is 4.47 Å². The van der Waals surface area contributed by atoms with Crippen molar-refractivity contribution in [3.05, 3.63) is 33.8 Å². The molecular weight excluding hydrogens is 232 g/mol. The number of ether oxygens (including phenoxy) is 1. The van der Waals surface area contributed by atoms with E-state index in [1.807, 2.05) is 18.2 Å². The largest absolute Gasteiger partial charge is 0.393 e. The van der Waals surface area contributed by atoms with Crippen molar-refractivity contribution >= 4 is 15.9 Å². The molecule has 0 radical (unpaired) electrons. The summed E-state index contributed by atoms with van der Waals surface area (Å²) in [6.07, 6.45) is 0.786. The SMILES string of the molecule is OC[C@H]1OCCc2c(Br)cccc21. The Bertz CT molecular complexity index is 312. The fourth-order valence-electron chi connectivity index (χ4n) is 1.68. The minimum atomic E-state index is -0.138. The molecule has 0 unspecified atom stereocenters. The minimum absolute atomic E-state index is 0.0590. The van der Waals surface area contributed by atoms with Crippen molar-refractivity contribution in [3.8, 4) is 0 Å². The van der Waals surface area contributed by atoms with Crippen LogP contribution >= 0.6 is 15.9 Å². The Kier molecular flexibility index (Phi) is 2.67. The predicted molar refractivity (Wildman–Crippen MR) is 53.6 cm³/mol. The van der Waals surface area contributed by atoms with Crippen LogP contribution in [0.4, 0.5) is 0 Å². The number of aliphatic hydroxyl groups excluding tert-OH is 1. The van der Waals surface area contributed by atoms with Crippen LogP contribution in [-0.4, -0.2) is 18.3 Å². The molecule has 70 valence electrons. The summed E-state index contributed by atoms with van der Waals surface area (Å²) in [6, 6.07) is 6.01. The van der Waals surface area contributed by atoms with Crippen LogP contribution in [-0.2, 0) is 11.2 Å². The summed E-state index contributed by atoms with van der Waals surface area (Å²) < 4.78 is 6.56. The summed E-state index contributed by atoms with van der Waals surface area (Å²) in [5.74, 6) is 0. The van der Waals surface area contributed by atoms with Crippen LogP contribution in [0.5, 0.6) is 0 Å². The van der Waals surface area contributed by atoms with Gasteiger partial charge in [0.05, 0.1) is 13.2 Å². The van der Waals surface area contributed by atoms with E-state index in [2.05, 4.69) is 15.9 Å². The maximum Gasteiger partial charge on any atom is 0.106 e. The van der Waals surface area contributed by atoms with Gasteiger partial charge in [-0.25, -0.2) is 0 Å². The van der Waals surface area contributed by atoms with E-state index < -0.39 is 0 Å². The lowest BCUT2D eigenvalue weighted by atomic mass is 9.98. The van der Waals surface area contributed by atoms with Crippen LogP contribution in [0.15, 0.2) is 22.7 Å². The Morgan fingerprint density at radius 2 is 2.38 bits per heavy atom. The molecule has 2 rings (SSSR count). The highest BCUT2D eigenvalue weighted by molar-refractivity contribution is 9.10. The molecule has 0 amide bonds. The molecule has 1 N–H and O–H groups in total. The maximum absolute atomic E-state index is 9.09. The lowest BCUT2D eigenvalue weighted by Crippen LogP contribution is -2.19. The lowest BCUT2D eigenvalue weighted by Gasteiger charge is -2.25. The summed E-state index contributed by atoms with van der Waals surface area (Å²) in [5, 5.41) is 9.09. The molecule has 0 saturated carbocycles. The fraction of sp³-hybridized carbons (Fsp3) is 0.400. The van der Waals surface area contributed by atoms with E-state index in [4.69, 9.17) is 9.84 Å². The molecular formula is C10H11BrO2. The zero-order chi connectivity index (χ0) is 9.26. The average molecular weight is 243 g/mol. The van der Waals surface area contributed by atoms with Gasteiger partial charge in [0.2, 0.25) is 0 Å². The van der Waals surface area contributed by atoms with Gasteiger partial charge < -0.3 is 9.84 Å². The van der Waals surface area contributed by atoms with Gasteiger partial charge in [-0.3, -0.25) is 0 Å². The van der Waals surface area contributed by atoms with Gasteiger partial charge in [0.1, 0.15) is 6.10 Å². The standard InChI is InChI=1S/C10H11BrO2/c11-9-3-1-2-8-7(9)4-5-13-10(8)6-12/h1-3,10,12H,4-6H2/t10-/m1/s1. The summed E-state index contributed by atoms with van der Waals surface area (Å²) in [6.45, 7) is 0.754. The maximum atomic E-state index is 9.09. The van der Waals surface area contributed by atoms with Crippen LogP contribution in [0, 0.1) is 0 Å². The Hall–Kier alpha value is -0.380. The number of rotatable bonds is 1. The second-order valence-corrected chi connectivity index (χ2v) is 3.95. The van der Waals surface area contributed by atoms with Crippen molar-refractivity contribution in [2.75, 3.05) is 13.2 Å². The Morgan fingerprint density at radius 1 is 1.54 bits per heavy atom. The van der Waals surface area contributed by atoms with Crippen molar-refractivity contribution < 1.29 is 9.84 Å². The topological polar surface area (TPSA) is 29.5 Å². The predicted octanol–water partition coefficient (Wildman–Crippen LogP) is 2.06. The molecule has 0 fully saturated rings. The first-order valence-corrected chi connectivity index (χ1v) is 5.12. The zero-order valence-corrected chi connectivity index (χ0v) is 8.75. The monoisotopic (exact) mass is 242 g/mol. The Morgan fingerprint density at radius 3 is 3.15 bits per heavy atom. The lowest BCUT2D eigenvalue weighted by molar-refractivity contribution is 0.00302. The number of benzene rings is 1. The summed E-state index contributed by atoms with van der Waals surface area (Å²) >= 11 is 3.50. The van der Waals surface area contributed by atoms with Crippen LogP contribution in [0.3, 0.4) is 0 Å². The van der Waals surface area contributed by atoms with Gasteiger partial charge in [0.25, 0.3) is 0 Å². The van der Waals surface area contributed by atoms with Crippen LogP contribution in [0.25, 0.3) is 0 Å². The smallest absolute Gasteiger partial charge is 0.106 e. The van der Waals surface area contributed by atoms with Gasteiger partial charge >= 0.3 is 0 Å². The quantitative estimate of drug-likeness (QED) is 0.817. The highest BCUT2D eigenvalue weighted by Gasteiger charge is 2.20. The van der Waals surface area contributed by atoms with Crippen molar-refractivity contribution in [2.24, 2.45) is 0 Å². The zero-order valence-electron chi connectivity index (χ0n) is 7.16. The summed E-state index contributed by atoms with van der Waals surface area (Å²) in [4.78, 5) is 0. The molecule has 0 saturated heterocycles. The third-order valence-corrected chi connectivity index (χ3v) is 3.08. The second-order valence-electron chi connectivity index (χ2n) is 3.10. The first-order valence-electron chi connectivity index (χ1n) is 4.32. The molecule has 0 aliphatic carbocycles. The van der Waals surface area contributed by atoms with Crippen molar-refractivity contribution in [2.45, 2.75) is 12.5 Å². The molecule has 1 heterocycles. The molecule has 1 atom stereocenters. The first-order chi connectivity index (χ1) is 6.33. The molecule has 1 aromatic rings. The van der Waals surface area contributed by atoms with E-state index in [1.54, 1.807) is 0 Å². The van der Waals surface area contributed by atoms with E-state index in [0.29, 0.717) is 6.61 Å². The molecule has 13 heavy (non-hydrogen) atoms. The average Bonchev–Trinajstić information content (AvgIpc) is 2.18. The number of hydrogen-bond donors (Lipinski definition) is 1. The van der Waals surface area contributed by atoms with Crippen molar-refractivity contribution in [1.82, 2.24) is 0 Å². The van der Waals surface area contributed by atoms with E-state index in [-0.39, 0.29) is 12.7 Å². The summed E-state index contributed by atoms with van der Waals surface area (Å²) in [5.41, 5.74) is 2.39. The van der Waals surface area contributed by atoms with Crippen molar-refractivity contribution in [3.63, 3.8) is 0 Å². The fourth-order valence-corrected chi connectivity index (χ4v) is 2.26. The van der Waals surface area contributed by atoms with Crippen LogP contribution in [0.2, 0.25) is 0 Å². The van der Waals surface area contributed by atoms with Gasteiger partial charge in [-0.2, -0.15) is 0 Å². The summed E-state index contributed by atoms with van der Waals surface area (Å²) in [7, 11) is 0. The van der Waals surface area contributed by atoms with Gasteiger partial charge in [-0.1, -0.05) is 28.1 Å². The third kappa shape index (κ3) is 1.64. The molecule has 1 aliphatic rings. The van der Waals surface area contributed by atoms with Gasteiger partial charge in [0.15, 0.2) is 0 Å². The van der Waals surface area contributed by atoms with E-state index in [9.17, 15) is 0 Å². The molecule has 0 aromatic heterocycles. The number of fused-ring (bicyclic) bond motifs is 1. The Balaban J connectivity index is 2.45. The molecule has 2 nitrogen and oxygen atoms in total. The number of aliphatic hydroxyl groups is 1. The second kappa shape index (κ2) is 3.78. The normalized spacial score (nSPS) is 21.2. The third-order valence-electron chi connectivity index (χ3n) is 2.34.